The number of thioether (sulfide) groups is 1. The van der Waals surface area contributed by atoms with E-state index in [0.29, 0.717) is 19.4 Å². The van der Waals surface area contributed by atoms with Gasteiger partial charge in [0.1, 0.15) is 6.04 Å². The van der Waals surface area contributed by atoms with Crippen molar-refractivity contribution in [1.82, 2.24) is 10.6 Å². The van der Waals surface area contributed by atoms with Gasteiger partial charge < -0.3 is 16.0 Å². The quantitative estimate of drug-likeness (QED) is 0.626. The summed E-state index contributed by atoms with van der Waals surface area (Å²) in [4.78, 5) is 25.6. The van der Waals surface area contributed by atoms with E-state index in [2.05, 4.69) is 28.1 Å². The maximum atomic E-state index is 12.8. The molecule has 1 aliphatic heterocycles. The van der Waals surface area contributed by atoms with E-state index in [1.807, 2.05) is 49.6 Å². The fraction of sp³-hybridized carbons (Fsp3) is 0.364. The predicted octanol–water partition coefficient (Wildman–Crippen LogP) is 3.31. The molecule has 7 heteroatoms. The number of hydrogen-bond acceptors (Lipinski definition) is 4. The van der Waals surface area contributed by atoms with Gasteiger partial charge in [-0.25, -0.2) is 0 Å². The van der Waals surface area contributed by atoms with Crippen LogP contribution >= 0.6 is 24.2 Å². The average Bonchev–Trinajstić information content (AvgIpc) is 2.72. The molecule has 0 radical (unpaired) electrons. The number of aryl methyl sites for hydroxylation is 1. The largest absolute Gasteiger partial charge is 0.343 e. The van der Waals surface area contributed by atoms with Crippen LogP contribution in [-0.4, -0.2) is 35.9 Å². The van der Waals surface area contributed by atoms with E-state index < -0.39 is 6.04 Å². The fourth-order valence-electron chi connectivity index (χ4n) is 3.28. The van der Waals surface area contributed by atoms with Crippen LogP contribution in [0, 0.1) is 6.92 Å². The third kappa shape index (κ3) is 6.49. The Kier molecular flexibility index (Phi) is 9.01. The molecule has 1 heterocycles. The second-order valence-electron chi connectivity index (χ2n) is 7.10. The van der Waals surface area contributed by atoms with Crippen molar-refractivity contribution in [3.8, 4) is 0 Å². The minimum absolute atomic E-state index is 0. The molecule has 0 saturated heterocycles. The number of hydrogen-bond donors (Lipinski definition) is 3. The van der Waals surface area contributed by atoms with Crippen molar-refractivity contribution in [3.63, 3.8) is 0 Å². The Hall–Kier alpha value is -2.02. The van der Waals surface area contributed by atoms with Crippen molar-refractivity contribution in [2.75, 3.05) is 17.3 Å². The van der Waals surface area contributed by atoms with Crippen molar-refractivity contribution in [3.05, 3.63) is 65.2 Å². The molecular formula is C22H28ClN3O2S. The Labute approximate surface area is 182 Å². The highest BCUT2D eigenvalue weighted by atomic mass is 35.5. The standard InChI is InChI=1S/C22H27N3O2S.ClH/c1-15-7-9-18(10-8-15)24-21(26)19(11-12-28-2)25-22(27)20-13-16-5-3-4-6-17(16)14-23-20;/h3-10,19-20,23H,11-14H2,1-2H3,(H,24,26)(H,25,27);1H/t19-,20-;/m0./s1. The summed E-state index contributed by atoms with van der Waals surface area (Å²) in [5.41, 5.74) is 4.28. The van der Waals surface area contributed by atoms with Gasteiger partial charge in [0, 0.05) is 12.2 Å². The van der Waals surface area contributed by atoms with E-state index in [9.17, 15) is 9.59 Å². The Morgan fingerprint density at radius 2 is 1.83 bits per heavy atom. The number of amides is 2. The van der Waals surface area contributed by atoms with Gasteiger partial charge in [0.15, 0.2) is 0 Å². The van der Waals surface area contributed by atoms with E-state index in [4.69, 9.17) is 0 Å². The van der Waals surface area contributed by atoms with Gasteiger partial charge in [0.2, 0.25) is 11.8 Å². The average molecular weight is 434 g/mol. The molecule has 5 nitrogen and oxygen atoms in total. The first-order chi connectivity index (χ1) is 13.6. The molecule has 29 heavy (non-hydrogen) atoms. The summed E-state index contributed by atoms with van der Waals surface area (Å²) in [5, 5.41) is 9.16. The lowest BCUT2D eigenvalue weighted by Gasteiger charge is -2.27. The van der Waals surface area contributed by atoms with Gasteiger partial charge in [-0.1, -0.05) is 42.0 Å². The van der Waals surface area contributed by atoms with Crippen molar-refractivity contribution in [2.24, 2.45) is 0 Å². The molecule has 0 aliphatic carbocycles. The van der Waals surface area contributed by atoms with Crippen molar-refractivity contribution < 1.29 is 9.59 Å². The number of fused-ring (bicyclic) bond motifs is 1. The Balaban J connectivity index is 0.00000300. The zero-order chi connectivity index (χ0) is 19.9. The molecule has 0 saturated carbocycles. The first kappa shape index (κ1) is 23.3. The third-order valence-corrected chi connectivity index (χ3v) is 5.60. The molecule has 2 aromatic carbocycles. The maximum Gasteiger partial charge on any atom is 0.246 e. The van der Waals surface area contributed by atoms with Crippen LogP contribution in [-0.2, 0) is 22.6 Å². The zero-order valence-corrected chi connectivity index (χ0v) is 18.4. The highest BCUT2D eigenvalue weighted by Crippen LogP contribution is 2.17. The molecule has 0 fully saturated rings. The van der Waals surface area contributed by atoms with Crippen LogP contribution in [0.2, 0.25) is 0 Å². The summed E-state index contributed by atoms with van der Waals surface area (Å²) in [6.07, 6.45) is 3.22. The lowest BCUT2D eigenvalue weighted by molar-refractivity contribution is -0.128. The van der Waals surface area contributed by atoms with Gasteiger partial charge in [0.25, 0.3) is 0 Å². The number of anilines is 1. The second-order valence-corrected chi connectivity index (χ2v) is 8.09. The maximum absolute atomic E-state index is 12.8. The molecule has 0 unspecified atom stereocenters. The van der Waals surface area contributed by atoms with Crippen LogP contribution < -0.4 is 16.0 Å². The summed E-state index contributed by atoms with van der Waals surface area (Å²) >= 11 is 1.66. The summed E-state index contributed by atoms with van der Waals surface area (Å²) < 4.78 is 0. The van der Waals surface area contributed by atoms with E-state index in [0.717, 1.165) is 17.0 Å². The predicted molar refractivity (Wildman–Crippen MR) is 123 cm³/mol. The van der Waals surface area contributed by atoms with Gasteiger partial charge in [-0.2, -0.15) is 11.8 Å². The number of nitrogens with one attached hydrogen (secondary N) is 3. The molecule has 2 atom stereocenters. The summed E-state index contributed by atoms with van der Waals surface area (Å²) in [6, 6.07) is 14.9. The minimum Gasteiger partial charge on any atom is -0.343 e. The smallest absolute Gasteiger partial charge is 0.246 e. The van der Waals surface area contributed by atoms with Crippen LogP contribution in [0.25, 0.3) is 0 Å². The summed E-state index contributed by atoms with van der Waals surface area (Å²) in [5.74, 6) is 0.495. The molecule has 2 amide bonds. The van der Waals surface area contributed by atoms with E-state index in [1.165, 1.54) is 11.1 Å². The highest BCUT2D eigenvalue weighted by Gasteiger charge is 2.28. The van der Waals surface area contributed by atoms with Gasteiger partial charge in [-0.05, 0) is 55.0 Å². The molecule has 156 valence electrons. The monoisotopic (exact) mass is 433 g/mol. The van der Waals surface area contributed by atoms with Crippen molar-refractivity contribution in [2.45, 2.75) is 38.4 Å². The number of carbonyl (C=O) groups excluding carboxylic acids is 2. The number of halogens is 1. The Bertz CT molecular complexity index is 829. The number of rotatable bonds is 7. The zero-order valence-electron chi connectivity index (χ0n) is 16.7. The van der Waals surface area contributed by atoms with E-state index >= 15 is 0 Å². The number of carbonyl (C=O) groups is 2. The highest BCUT2D eigenvalue weighted by molar-refractivity contribution is 7.98. The SMILES string of the molecule is CSCC[C@H](NC(=O)[C@@H]1Cc2ccccc2CN1)C(=O)Nc1ccc(C)cc1.Cl. The third-order valence-electron chi connectivity index (χ3n) is 4.96. The van der Waals surface area contributed by atoms with Gasteiger partial charge in [-0.3, -0.25) is 9.59 Å². The van der Waals surface area contributed by atoms with Crippen molar-refractivity contribution >= 4 is 41.7 Å². The molecule has 0 bridgehead atoms. The normalized spacial score (nSPS) is 16.1. The van der Waals surface area contributed by atoms with E-state index in [1.54, 1.807) is 11.8 Å². The summed E-state index contributed by atoms with van der Waals surface area (Å²) in [6.45, 7) is 2.67. The van der Waals surface area contributed by atoms with E-state index in [-0.39, 0.29) is 30.3 Å². The topological polar surface area (TPSA) is 70.2 Å². The second kappa shape index (κ2) is 11.2. The van der Waals surface area contributed by atoms with Crippen LogP contribution in [0.15, 0.2) is 48.5 Å². The molecule has 2 aromatic rings. The van der Waals surface area contributed by atoms with Crippen LogP contribution in [0.3, 0.4) is 0 Å². The Morgan fingerprint density at radius 1 is 1.14 bits per heavy atom. The molecule has 1 aliphatic rings. The van der Waals surface area contributed by atoms with Crippen LogP contribution in [0.5, 0.6) is 0 Å². The molecule has 0 spiro atoms. The Morgan fingerprint density at radius 3 is 2.52 bits per heavy atom. The van der Waals surface area contributed by atoms with Crippen LogP contribution in [0.1, 0.15) is 23.1 Å². The minimum atomic E-state index is -0.555. The molecular weight excluding hydrogens is 406 g/mol. The lowest BCUT2D eigenvalue weighted by atomic mass is 9.95. The molecule has 3 N–H and O–H groups in total. The van der Waals surface area contributed by atoms with Crippen LogP contribution in [0.4, 0.5) is 5.69 Å². The number of benzene rings is 2. The lowest BCUT2D eigenvalue weighted by Crippen LogP contribution is -2.53. The fourth-order valence-corrected chi connectivity index (χ4v) is 3.75. The molecule has 0 aromatic heterocycles. The summed E-state index contributed by atoms with van der Waals surface area (Å²) in [7, 11) is 0. The van der Waals surface area contributed by atoms with Crippen molar-refractivity contribution in [1.29, 1.82) is 0 Å². The molecule has 3 rings (SSSR count). The first-order valence-electron chi connectivity index (χ1n) is 9.54. The van der Waals surface area contributed by atoms with Gasteiger partial charge >= 0.3 is 0 Å². The first-order valence-corrected chi connectivity index (χ1v) is 10.9. The van der Waals surface area contributed by atoms with Gasteiger partial charge in [0.05, 0.1) is 6.04 Å². The van der Waals surface area contributed by atoms with Gasteiger partial charge in [-0.15, -0.1) is 12.4 Å².